The first kappa shape index (κ1) is 16.2. The van der Waals surface area contributed by atoms with Crippen molar-refractivity contribution >= 4 is 28.3 Å². The lowest BCUT2D eigenvalue weighted by Gasteiger charge is -2.34. The van der Waals surface area contributed by atoms with Crippen molar-refractivity contribution in [2.45, 2.75) is 31.4 Å². The van der Waals surface area contributed by atoms with Gasteiger partial charge in [0.15, 0.2) is 24.0 Å². The van der Waals surface area contributed by atoms with Crippen LogP contribution in [-0.2, 0) is 12.1 Å². The maximum absolute atomic E-state index is 13.6. The molecule has 3 rings (SSSR count). The summed E-state index contributed by atoms with van der Waals surface area (Å²) in [6.07, 6.45) is 2.78. The normalized spacial score (nSPS) is 16.0. The number of hydrogen-bond donors (Lipinski definition) is 1. The van der Waals surface area contributed by atoms with Crippen LogP contribution in [0.2, 0.25) is 0 Å². The summed E-state index contributed by atoms with van der Waals surface area (Å²) >= 11 is 3.18. The van der Waals surface area contributed by atoms with Crippen molar-refractivity contribution in [2.24, 2.45) is 5.73 Å². The van der Waals surface area contributed by atoms with Gasteiger partial charge < -0.3 is 15.0 Å². The van der Waals surface area contributed by atoms with E-state index in [0.29, 0.717) is 16.2 Å². The molecule has 0 bridgehead atoms. The predicted octanol–water partition coefficient (Wildman–Crippen LogP) is 3.31. The topological polar surface area (TPSA) is 74.2 Å². The van der Waals surface area contributed by atoms with Crippen LogP contribution in [-0.4, -0.2) is 10.1 Å². The third-order valence-electron chi connectivity index (χ3n) is 3.40. The Morgan fingerprint density at radius 3 is 2.81 bits per heavy atom. The number of nitrogens with zero attached hydrogens (tertiary/aromatic N) is 2. The fraction of sp³-hybridized carbons (Fsp3) is 0.385. The highest BCUT2D eigenvalue weighted by atomic mass is 79.9. The summed E-state index contributed by atoms with van der Waals surface area (Å²) < 4.78 is 24.6. The quantitative estimate of drug-likeness (QED) is 0.883. The molecular weight excluding hydrogens is 365 g/mol. The van der Waals surface area contributed by atoms with Gasteiger partial charge in [-0.25, -0.2) is 4.39 Å². The van der Waals surface area contributed by atoms with E-state index in [-0.39, 0.29) is 24.8 Å². The number of rotatable bonds is 4. The Balaban J connectivity index is 0.00000161. The molecule has 0 radical (unpaired) electrons. The van der Waals surface area contributed by atoms with Gasteiger partial charge in [-0.2, -0.15) is 4.98 Å². The Bertz CT molecular complexity index is 634. The molecule has 1 fully saturated rings. The zero-order chi connectivity index (χ0) is 14.2. The second-order valence-electron chi connectivity index (χ2n) is 4.88. The maximum atomic E-state index is 13.6. The number of halogens is 3. The molecule has 2 N–H and O–H groups in total. The summed E-state index contributed by atoms with van der Waals surface area (Å²) in [7, 11) is 0. The summed E-state index contributed by atoms with van der Waals surface area (Å²) in [5.41, 5.74) is 5.63. The van der Waals surface area contributed by atoms with E-state index in [9.17, 15) is 4.39 Å². The number of nitrogens with two attached hydrogens (primary N) is 1. The van der Waals surface area contributed by atoms with E-state index in [1.54, 1.807) is 6.07 Å². The summed E-state index contributed by atoms with van der Waals surface area (Å²) in [4.78, 5) is 4.21. The molecule has 1 aromatic carbocycles. The largest absolute Gasteiger partial charge is 0.481 e. The van der Waals surface area contributed by atoms with Crippen molar-refractivity contribution in [3.63, 3.8) is 0 Å². The molecule has 1 aliphatic rings. The molecule has 0 spiro atoms. The van der Waals surface area contributed by atoms with E-state index >= 15 is 0 Å². The highest BCUT2D eigenvalue weighted by molar-refractivity contribution is 9.10. The smallest absolute Gasteiger partial charge is 0.264 e. The van der Waals surface area contributed by atoms with E-state index in [2.05, 4.69) is 26.1 Å². The van der Waals surface area contributed by atoms with E-state index in [1.165, 1.54) is 12.1 Å². The minimum absolute atomic E-state index is 0. The molecular formula is C13H14BrClFN3O2. The molecule has 0 atom stereocenters. The van der Waals surface area contributed by atoms with E-state index < -0.39 is 11.4 Å². The number of benzene rings is 1. The van der Waals surface area contributed by atoms with Gasteiger partial charge in [0, 0.05) is 4.47 Å². The lowest BCUT2D eigenvalue weighted by molar-refractivity contribution is 0.220. The number of ether oxygens (including phenoxy) is 1. The van der Waals surface area contributed by atoms with Crippen LogP contribution in [0.15, 0.2) is 27.2 Å². The summed E-state index contributed by atoms with van der Waals surface area (Å²) in [5, 5.41) is 3.87. The molecule has 8 heteroatoms. The van der Waals surface area contributed by atoms with Crippen LogP contribution >= 0.6 is 28.3 Å². The SMILES string of the molecule is Cl.NC1(c2noc(COc3ccc(Br)cc3F)n2)CCC1. The van der Waals surface area contributed by atoms with Crippen molar-refractivity contribution < 1.29 is 13.7 Å². The molecule has 1 aromatic heterocycles. The minimum Gasteiger partial charge on any atom is -0.481 e. The minimum atomic E-state index is -0.468. The average molecular weight is 379 g/mol. The van der Waals surface area contributed by atoms with Crippen LogP contribution in [0.3, 0.4) is 0 Å². The molecule has 0 aliphatic heterocycles. The first-order valence-electron chi connectivity index (χ1n) is 6.27. The number of aromatic nitrogens is 2. The van der Waals surface area contributed by atoms with E-state index in [0.717, 1.165) is 19.3 Å². The monoisotopic (exact) mass is 377 g/mol. The van der Waals surface area contributed by atoms with Crippen LogP contribution < -0.4 is 10.5 Å². The summed E-state index contributed by atoms with van der Waals surface area (Å²) in [6.45, 7) is 0.0155. The molecule has 0 amide bonds. The Morgan fingerprint density at radius 2 is 2.19 bits per heavy atom. The van der Waals surface area contributed by atoms with Crippen LogP contribution in [0.5, 0.6) is 5.75 Å². The van der Waals surface area contributed by atoms with Gasteiger partial charge in [0.25, 0.3) is 5.89 Å². The highest BCUT2D eigenvalue weighted by Crippen LogP contribution is 2.36. The predicted molar refractivity (Wildman–Crippen MR) is 79.7 cm³/mol. The van der Waals surface area contributed by atoms with Crippen LogP contribution in [0, 0.1) is 5.82 Å². The second kappa shape index (κ2) is 6.29. The van der Waals surface area contributed by atoms with Crippen LogP contribution in [0.1, 0.15) is 31.0 Å². The third kappa shape index (κ3) is 3.36. The molecule has 1 saturated carbocycles. The maximum Gasteiger partial charge on any atom is 0.264 e. The molecule has 1 aliphatic carbocycles. The Hall–Kier alpha value is -1.18. The fourth-order valence-electron chi connectivity index (χ4n) is 2.03. The van der Waals surface area contributed by atoms with E-state index in [4.69, 9.17) is 15.0 Å². The molecule has 0 unspecified atom stereocenters. The highest BCUT2D eigenvalue weighted by Gasteiger charge is 2.38. The molecule has 21 heavy (non-hydrogen) atoms. The second-order valence-corrected chi connectivity index (χ2v) is 5.80. The lowest BCUT2D eigenvalue weighted by Crippen LogP contribution is -2.44. The van der Waals surface area contributed by atoms with Gasteiger partial charge >= 0.3 is 0 Å². The Kier molecular flexibility index (Phi) is 4.85. The van der Waals surface area contributed by atoms with Gasteiger partial charge in [-0.05, 0) is 37.5 Å². The molecule has 1 heterocycles. The average Bonchev–Trinajstić information content (AvgIpc) is 2.84. The molecule has 2 aromatic rings. The van der Waals surface area contributed by atoms with Gasteiger partial charge in [0.05, 0.1) is 5.54 Å². The standard InChI is InChI=1S/C13H13BrFN3O2.ClH/c14-8-2-3-10(9(15)6-8)19-7-11-17-12(18-20-11)13(16)4-1-5-13;/h2-3,6H,1,4-5,7,16H2;1H. The fourth-order valence-corrected chi connectivity index (χ4v) is 2.36. The first-order valence-corrected chi connectivity index (χ1v) is 7.06. The molecule has 114 valence electrons. The van der Waals surface area contributed by atoms with Gasteiger partial charge in [-0.1, -0.05) is 21.1 Å². The van der Waals surface area contributed by atoms with Gasteiger partial charge in [-0.15, -0.1) is 12.4 Å². The summed E-state index contributed by atoms with van der Waals surface area (Å²) in [5.74, 6) is 0.477. The lowest BCUT2D eigenvalue weighted by atomic mass is 9.77. The van der Waals surface area contributed by atoms with Gasteiger partial charge in [-0.3, -0.25) is 0 Å². The van der Waals surface area contributed by atoms with Crippen LogP contribution in [0.25, 0.3) is 0 Å². The zero-order valence-electron chi connectivity index (χ0n) is 11.0. The Labute approximate surface area is 135 Å². The van der Waals surface area contributed by atoms with Crippen LogP contribution in [0.4, 0.5) is 4.39 Å². The van der Waals surface area contributed by atoms with Crippen molar-refractivity contribution in [3.05, 3.63) is 40.2 Å². The van der Waals surface area contributed by atoms with E-state index in [1.807, 2.05) is 0 Å². The van der Waals surface area contributed by atoms with Gasteiger partial charge in [0.1, 0.15) is 0 Å². The zero-order valence-corrected chi connectivity index (χ0v) is 13.4. The molecule has 0 saturated heterocycles. The van der Waals surface area contributed by atoms with Crippen molar-refractivity contribution in [2.75, 3.05) is 0 Å². The van der Waals surface area contributed by atoms with Crippen molar-refractivity contribution in [3.8, 4) is 5.75 Å². The first-order chi connectivity index (χ1) is 9.57. The number of hydrogen-bond acceptors (Lipinski definition) is 5. The third-order valence-corrected chi connectivity index (χ3v) is 3.90. The van der Waals surface area contributed by atoms with Crippen molar-refractivity contribution in [1.82, 2.24) is 10.1 Å². The summed E-state index contributed by atoms with van der Waals surface area (Å²) in [6, 6.07) is 4.56. The van der Waals surface area contributed by atoms with Crippen molar-refractivity contribution in [1.29, 1.82) is 0 Å². The van der Waals surface area contributed by atoms with Gasteiger partial charge in [0.2, 0.25) is 0 Å². The Morgan fingerprint density at radius 1 is 1.43 bits per heavy atom. The molecule has 5 nitrogen and oxygen atoms in total.